The maximum atomic E-state index is 16.6. The summed E-state index contributed by atoms with van der Waals surface area (Å²) in [7, 11) is 2.08. The van der Waals surface area contributed by atoms with Crippen molar-refractivity contribution in [2.75, 3.05) is 0 Å². The first-order chi connectivity index (χ1) is 16.3. The van der Waals surface area contributed by atoms with Gasteiger partial charge in [-0.1, -0.05) is 63.2 Å². The lowest BCUT2D eigenvalue weighted by atomic mass is 9.82. The minimum atomic E-state index is -0.150. The summed E-state index contributed by atoms with van der Waals surface area (Å²) in [6, 6.07) is 20.9. The molecule has 166 valence electrons. The second kappa shape index (κ2) is 6.24. The number of aromatic nitrogens is 2. The van der Waals surface area contributed by atoms with Crippen LogP contribution in [-0.4, -0.2) is 4.40 Å². The van der Waals surface area contributed by atoms with Crippen molar-refractivity contribution in [3.63, 3.8) is 0 Å². The maximum Gasteiger partial charge on any atom is 0.224 e. The van der Waals surface area contributed by atoms with E-state index >= 15 is 4.39 Å². The molecule has 34 heavy (non-hydrogen) atoms. The van der Waals surface area contributed by atoms with E-state index < -0.39 is 0 Å². The number of fused-ring (bicyclic) bond motifs is 7. The molecular weight excluding hydrogens is 419 g/mol. The molecule has 2 nitrogen and oxygen atoms in total. The molecule has 0 amide bonds. The molecule has 0 atom stereocenters. The van der Waals surface area contributed by atoms with E-state index in [1.807, 2.05) is 24.3 Å². The number of hydrogen-bond acceptors (Lipinski definition) is 0. The van der Waals surface area contributed by atoms with Crippen LogP contribution in [0.3, 0.4) is 0 Å². The molecule has 0 unspecified atom stereocenters. The van der Waals surface area contributed by atoms with Crippen LogP contribution in [0.2, 0.25) is 0 Å². The molecule has 0 fully saturated rings. The van der Waals surface area contributed by atoms with E-state index in [1.54, 1.807) is 0 Å². The van der Waals surface area contributed by atoms with Crippen molar-refractivity contribution in [2.45, 2.75) is 33.1 Å². The fourth-order valence-corrected chi connectivity index (χ4v) is 6.19. The molecule has 0 bridgehead atoms. The summed E-state index contributed by atoms with van der Waals surface area (Å²) in [5.74, 6) is -0.150. The Morgan fingerprint density at radius 1 is 0.794 bits per heavy atom. The summed E-state index contributed by atoms with van der Waals surface area (Å²) in [5.41, 5.74) is 6.30. The van der Waals surface area contributed by atoms with E-state index in [9.17, 15) is 0 Å². The monoisotopic (exact) mass is 445 g/mol. The quantitative estimate of drug-likeness (QED) is 0.128. The molecule has 0 N–H and O–H groups in total. The Labute approximate surface area is 197 Å². The third kappa shape index (κ3) is 2.22. The van der Waals surface area contributed by atoms with E-state index in [2.05, 4.69) is 86.3 Å². The number of aryl methyl sites for hydroxylation is 2. The van der Waals surface area contributed by atoms with Gasteiger partial charge in [0.15, 0.2) is 12.0 Å². The van der Waals surface area contributed by atoms with Crippen LogP contribution in [0.25, 0.3) is 59.8 Å². The molecule has 0 aliphatic carbocycles. The summed E-state index contributed by atoms with van der Waals surface area (Å²) in [5, 5.41) is 7.46. The molecule has 0 spiro atoms. The zero-order valence-electron chi connectivity index (χ0n) is 20.1. The van der Waals surface area contributed by atoms with Crippen LogP contribution < -0.4 is 4.57 Å². The standard InChI is InChI=1S/C31H26FN2/c1-17-19-10-6-7-11-20(19)27(32)30-24(17)28-25-18(14-15-33(28)5)16-22(31(2,3)4)26-21-12-8-9-13-23(21)34(30)29(25)26/h6-16H,1-5H3/q+1. The third-order valence-electron chi connectivity index (χ3n) is 7.69. The number of para-hydroxylation sites is 1. The van der Waals surface area contributed by atoms with Gasteiger partial charge in [0.1, 0.15) is 7.05 Å². The molecule has 3 heteroatoms. The summed E-state index contributed by atoms with van der Waals surface area (Å²) in [6.45, 7) is 8.93. The van der Waals surface area contributed by atoms with Gasteiger partial charge in [0.05, 0.1) is 27.3 Å². The van der Waals surface area contributed by atoms with Crippen molar-refractivity contribution in [3.05, 3.63) is 83.8 Å². The SMILES string of the molecule is Cc1c2ccccc2c(F)c2c1c1c3c(cc[n+]1C)cc(C(C)(C)C)c1c4ccccc4n2c13. The predicted molar refractivity (Wildman–Crippen MR) is 141 cm³/mol. The van der Waals surface area contributed by atoms with Gasteiger partial charge in [-0.05, 0) is 46.4 Å². The highest BCUT2D eigenvalue weighted by molar-refractivity contribution is 6.29. The topological polar surface area (TPSA) is 8.29 Å². The van der Waals surface area contributed by atoms with Gasteiger partial charge < -0.3 is 4.40 Å². The Hall–Kier alpha value is -3.72. The molecule has 3 heterocycles. The van der Waals surface area contributed by atoms with Crippen molar-refractivity contribution in [1.29, 1.82) is 0 Å². The second-order valence-corrected chi connectivity index (χ2v) is 10.7. The highest BCUT2D eigenvalue weighted by Crippen LogP contribution is 2.46. The largest absolute Gasteiger partial charge is 0.305 e. The fraction of sp³-hybridized carbons (Fsp3) is 0.194. The average molecular weight is 446 g/mol. The van der Waals surface area contributed by atoms with Crippen molar-refractivity contribution in [2.24, 2.45) is 7.05 Å². The Balaban J connectivity index is 1.99. The summed E-state index contributed by atoms with van der Waals surface area (Å²) in [4.78, 5) is 0. The second-order valence-electron chi connectivity index (χ2n) is 10.7. The Kier molecular flexibility index (Phi) is 3.62. The predicted octanol–water partition coefficient (Wildman–Crippen LogP) is 7.71. The lowest BCUT2D eigenvalue weighted by Gasteiger charge is -2.23. The van der Waals surface area contributed by atoms with Crippen LogP contribution in [0.15, 0.2) is 66.9 Å². The van der Waals surface area contributed by atoms with Gasteiger partial charge in [-0.2, -0.15) is 0 Å². The molecule has 3 aromatic heterocycles. The van der Waals surface area contributed by atoms with Crippen LogP contribution in [0.4, 0.5) is 4.39 Å². The van der Waals surface area contributed by atoms with Gasteiger partial charge in [0.2, 0.25) is 5.52 Å². The molecular formula is C31H26FN2+. The third-order valence-corrected chi connectivity index (χ3v) is 7.69. The van der Waals surface area contributed by atoms with Gasteiger partial charge in [0.25, 0.3) is 0 Å². The zero-order valence-corrected chi connectivity index (χ0v) is 20.1. The summed E-state index contributed by atoms with van der Waals surface area (Å²) in [6.07, 6.45) is 2.12. The molecule has 0 aliphatic rings. The normalized spacial score (nSPS) is 13.0. The first-order valence-corrected chi connectivity index (χ1v) is 11.9. The molecule has 0 radical (unpaired) electrons. The first kappa shape index (κ1) is 19.7. The van der Waals surface area contributed by atoms with E-state index in [0.717, 1.165) is 32.9 Å². The number of nitrogens with zero attached hydrogens (tertiary/aromatic N) is 2. The highest BCUT2D eigenvalue weighted by atomic mass is 19.1. The molecule has 7 rings (SSSR count). The van der Waals surface area contributed by atoms with Crippen LogP contribution >= 0.6 is 0 Å². The van der Waals surface area contributed by atoms with Crippen molar-refractivity contribution in [3.8, 4) is 0 Å². The Bertz CT molecular complexity index is 1970. The van der Waals surface area contributed by atoms with Crippen LogP contribution in [0.1, 0.15) is 31.9 Å². The van der Waals surface area contributed by atoms with E-state index in [4.69, 9.17) is 0 Å². The molecule has 4 aromatic carbocycles. The minimum absolute atomic E-state index is 0.0561. The molecule has 0 saturated carbocycles. The van der Waals surface area contributed by atoms with Gasteiger partial charge >= 0.3 is 0 Å². The fourth-order valence-electron chi connectivity index (χ4n) is 6.19. The summed E-state index contributed by atoms with van der Waals surface area (Å²) < 4.78 is 21.0. The number of hydrogen-bond donors (Lipinski definition) is 0. The maximum absolute atomic E-state index is 16.6. The van der Waals surface area contributed by atoms with Crippen LogP contribution in [0, 0.1) is 12.7 Å². The zero-order chi connectivity index (χ0) is 23.5. The Morgan fingerprint density at radius 3 is 2.21 bits per heavy atom. The van der Waals surface area contributed by atoms with Crippen LogP contribution in [-0.2, 0) is 12.5 Å². The number of benzene rings is 4. The van der Waals surface area contributed by atoms with Crippen molar-refractivity contribution >= 4 is 59.8 Å². The highest BCUT2D eigenvalue weighted by Gasteiger charge is 2.30. The smallest absolute Gasteiger partial charge is 0.224 e. The number of halogens is 1. The number of rotatable bonds is 0. The van der Waals surface area contributed by atoms with Gasteiger partial charge in [-0.25, -0.2) is 8.96 Å². The number of pyridine rings is 2. The van der Waals surface area contributed by atoms with Crippen molar-refractivity contribution in [1.82, 2.24) is 4.40 Å². The van der Waals surface area contributed by atoms with Crippen molar-refractivity contribution < 1.29 is 8.96 Å². The molecule has 0 aliphatic heterocycles. The summed E-state index contributed by atoms with van der Waals surface area (Å²) >= 11 is 0. The van der Waals surface area contributed by atoms with E-state index in [0.29, 0.717) is 10.9 Å². The van der Waals surface area contributed by atoms with Crippen LogP contribution in [0.5, 0.6) is 0 Å². The molecule has 0 saturated heterocycles. The Morgan fingerprint density at radius 2 is 1.47 bits per heavy atom. The van der Waals surface area contributed by atoms with Gasteiger partial charge in [-0.15, -0.1) is 0 Å². The average Bonchev–Trinajstić information content (AvgIpc) is 3.17. The minimum Gasteiger partial charge on any atom is -0.305 e. The van der Waals surface area contributed by atoms with Gasteiger partial charge in [0, 0.05) is 22.2 Å². The lowest BCUT2D eigenvalue weighted by Crippen LogP contribution is -2.29. The van der Waals surface area contributed by atoms with E-state index in [1.165, 1.54) is 27.1 Å². The lowest BCUT2D eigenvalue weighted by molar-refractivity contribution is -0.643. The first-order valence-electron chi connectivity index (χ1n) is 11.9. The van der Waals surface area contributed by atoms with E-state index in [-0.39, 0.29) is 11.2 Å². The molecule has 7 aromatic rings. The van der Waals surface area contributed by atoms with Gasteiger partial charge in [-0.3, -0.25) is 0 Å².